The number of anilines is 2. The molecule has 146 valence electrons. The van der Waals surface area contributed by atoms with E-state index in [1.54, 1.807) is 30.3 Å². The minimum atomic E-state index is -0.435. The van der Waals surface area contributed by atoms with Gasteiger partial charge in [0.2, 0.25) is 5.95 Å². The summed E-state index contributed by atoms with van der Waals surface area (Å²) in [5.74, 6) is 0.241. The number of hydrogen-bond donors (Lipinski definition) is 1. The first-order valence-corrected chi connectivity index (χ1v) is 9.73. The number of rotatable bonds is 3. The highest BCUT2D eigenvalue weighted by atomic mass is 79.9. The van der Waals surface area contributed by atoms with Crippen molar-refractivity contribution in [3.63, 3.8) is 0 Å². The van der Waals surface area contributed by atoms with E-state index in [0.29, 0.717) is 22.6 Å². The van der Waals surface area contributed by atoms with Crippen molar-refractivity contribution in [3.05, 3.63) is 87.5 Å². The summed E-state index contributed by atoms with van der Waals surface area (Å²) in [5.41, 5.74) is 1.50. The van der Waals surface area contributed by atoms with Crippen molar-refractivity contribution in [1.29, 1.82) is 0 Å². The first kappa shape index (κ1) is 18.3. The minimum Gasteiger partial charge on any atom is -0.319 e. The maximum Gasteiger partial charge on any atom is 0.293 e. The molecule has 0 fully saturated rings. The van der Waals surface area contributed by atoms with Crippen LogP contribution in [0.3, 0.4) is 0 Å². The van der Waals surface area contributed by atoms with E-state index in [4.69, 9.17) is 0 Å². The van der Waals surface area contributed by atoms with Crippen LogP contribution in [0.25, 0.3) is 27.9 Å². The number of nitrogens with zero attached hydrogens (tertiary/aromatic N) is 5. The summed E-state index contributed by atoms with van der Waals surface area (Å²) in [5, 5.41) is 8.28. The summed E-state index contributed by atoms with van der Waals surface area (Å²) >= 11 is 3.54. The lowest BCUT2D eigenvalue weighted by atomic mass is 10.2. The molecule has 0 amide bonds. The summed E-state index contributed by atoms with van der Waals surface area (Å²) in [6.07, 6.45) is 1.42. The second-order valence-corrected chi connectivity index (χ2v) is 7.28. The zero-order valence-corrected chi connectivity index (χ0v) is 16.8. The largest absolute Gasteiger partial charge is 0.319 e. The smallest absolute Gasteiger partial charge is 0.293 e. The van der Waals surface area contributed by atoms with E-state index < -0.39 is 5.56 Å². The Kier molecular flexibility index (Phi) is 4.44. The van der Waals surface area contributed by atoms with E-state index in [1.165, 1.54) is 22.8 Å². The Labute approximate surface area is 177 Å². The molecule has 0 atom stereocenters. The lowest BCUT2D eigenvalue weighted by Crippen LogP contribution is -2.11. The van der Waals surface area contributed by atoms with Gasteiger partial charge in [-0.25, -0.2) is 19.3 Å². The van der Waals surface area contributed by atoms with Gasteiger partial charge in [-0.3, -0.25) is 4.79 Å². The summed E-state index contributed by atoms with van der Waals surface area (Å²) < 4.78 is 16.0. The molecule has 0 aliphatic rings. The summed E-state index contributed by atoms with van der Waals surface area (Å²) in [7, 11) is 0. The number of aromatic nitrogens is 5. The zero-order valence-electron chi connectivity index (χ0n) is 15.3. The van der Waals surface area contributed by atoms with Crippen LogP contribution in [0.4, 0.5) is 16.0 Å². The second kappa shape index (κ2) is 7.27. The van der Waals surface area contributed by atoms with Crippen molar-refractivity contribution < 1.29 is 4.39 Å². The number of fused-ring (bicyclic) bond motifs is 3. The maximum absolute atomic E-state index is 13.7. The highest BCUT2D eigenvalue weighted by Gasteiger charge is 2.17. The van der Waals surface area contributed by atoms with Crippen LogP contribution in [-0.4, -0.2) is 24.6 Å². The Bertz CT molecular complexity index is 1490. The van der Waals surface area contributed by atoms with Crippen LogP contribution < -0.4 is 10.9 Å². The molecular weight excluding hydrogens is 451 g/mol. The van der Waals surface area contributed by atoms with Crippen molar-refractivity contribution in [2.75, 3.05) is 5.32 Å². The molecule has 3 aromatic heterocycles. The molecular formula is C21H12BrFN6O. The van der Waals surface area contributed by atoms with Crippen LogP contribution >= 0.6 is 15.9 Å². The highest BCUT2D eigenvalue weighted by Crippen LogP contribution is 2.30. The lowest BCUT2D eigenvalue weighted by Gasteiger charge is -2.08. The number of benzene rings is 2. The standard InChI is InChI=1S/C21H12BrFN6O/c22-14-7-4-9-15-17(14)19-27-18(12-5-3-6-13(23)11-12)28-29(19)21(25-15)26-16-8-1-2-10-24-20(16)30/h1-11H,(H,24,25,26,30). The molecule has 0 saturated carbocycles. The van der Waals surface area contributed by atoms with E-state index in [9.17, 15) is 9.18 Å². The molecule has 7 nitrogen and oxygen atoms in total. The van der Waals surface area contributed by atoms with Crippen LogP contribution in [0.2, 0.25) is 0 Å². The first-order chi connectivity index (χ1) is 14.6. The van der Waals surface area contributed by atoms with Crippen LogP contribution in [0.5, 0.6) is 0 Å². The van der Waals surface area contributed by atoms with Gasteiger partial charge in [-0.1, -0.05) is 24.3 Å². The number of hydrogen-bond acceptors (Lipinski definition) is 6. The van der Waals surface area contributed by atoms with Gasteiger partial charge in [0.05, 0.1) is 10.9 Å². The average Bonchev–Trinajstić information content (AvgIpc) is 3.08. The number of halogens is 2. The van der Waals surface area contributed by atoms with E-state index in [2.05, 4.69) is 41.3 Å². The molecule has 0 spiro atoms. The SMILES string of the molecule is O=c1nccccc1Nc1nc2cccc(Br)c2c2nc(-c3cccc(F)c3)nn12. The van der Waals surface area contributed by atoms with Gasteiger partial charge >= 0.3 is 0 Å². The van der Waals surface area contributed by atoms with Gasteiger partial charge in [-0.15, -0.1) is 5.10 Å². The monoisotopic (exact) mass is 462 g/mol. The van der Waals surface area contributed by atoms with Gasteiger partial charge in [0.25, 0.3) is 5.56 Å². The van der Waals surface area contributed by atoms with E-state index in [-0.39, 0.29) is 17.5 Å². The molecule has 0 bridgehead atoms. The van der Waals surface area contributed by atoms with Crippen LogP contribution in [-0.2, 0) is 0 Å². The fourth-order valence-electron chi connectivity index (χ4n) is 3.11. The fraction of sp³-hybridized carbons (Fsp3) is 0. The van der Waals surface area contributed by atoms with Crippen molar-refractivity contribution in [2.45, 2.75) is 0 Å². The topological polar surface area (TPSA) is 85.1 Å². The Morgan fingerprint density at radius 1 is 1.00 bits per heavy atom. The van der Waals surface area contributed by atoms with Gasteiger partial charge in [-0.2, -0.15) is 4.52 Å². The third-order valence-corrected chi connectivity index (χ3v) is 5.12. The zero-order chi connectivity index (χ0) is 20.7. The highest BCUT2D eigenvalue weighted by molar-refractivity contribution is 9.10. The molecule has 3 heterocycles. The summed E-state index contributed by atoms with van der Waals surface area (Å²) in [4.78, 5) is 25.3. The van der Waals surface area contributed by atoms with Gasteiger partial charge in [0.15, 0.2) is 11.5 Å². The normalized spacial score (nSPS) is 11.1. The molecule has 0 radical (unpaired) electrons. The lowest BCUT2D eigenvalue weighted by molar-refractivity contribution is 0.628. The molecule has 0 aliphatic heterocycles. The molecule has 5 aromatic rings. The summed E-state index contributed by atoms with van der Waals surface area (Å²) in [6, 6.07) is 16.6. The predicted molar refractivity (Wildman–Crippen MR) is 115 cm³/mol. The second-order valence-electron chi connectivity index (χ2n) is 6.42. The van der Waals surface area contributed by atoms with Crippen molar-refractivity contribution >= 4 is 44.1 Å². The summed E-state index contributed by atoms with van der Waals surface area (Å²) in [6.45, 7) is 0. The minimum absolute atomic E-state index is 0.242. The Hall–Kier alpha value is -3.72. The van der Waals surface area contributed by atoms with E-state index in [1.807, 2.05) is 18.2 Å². The van der Waals surface area contributed by atoms with Gasteiger partial charge in [0, 0.05) is 16.2 Å². The third-order valence-electron chi connectivity index (χ3n) is 4.46. The predicted octanol–water partition coefficient (Wildman–Crippen LogP) is 4.34. The van der Waals surface area contributed by atoms with E-state index in [0.717, 1.165) is 9.86 Å². The number of nitrogens with one attached hydrogen (secondary N) is 1. The third kappa shape index (κ3) is 3.18. The quantitative estimate of drug-likeness (QED) is 0.429. The average molecular weight is 463 g/mol. The molecule has 1 N–H and O–H groups in total. The molecule has 0 aliphatic carbocycles. The Morgan fingerprint density at radius 2 is 1.87 bits per heavy atom. The molecule has 5 rings (SSSR count). The van der Waals surface area contributed by atoms with Gasteiger partial charge < -0.3 is 5.32 Å². The molecule has 0 unspecified atom stereocenters. The molecule has 0 saturated heterocycles. The van der Waals surface area contributed by atoms with Gasteiger partial charge in [-0.05, 0) is 52.3 Å². The van der Waals surface area contributed by atoms with Crippen LogP contribution in [0.1, 0.15) is 0 Å². The van der Waals surface area contributed by atoms with Gasteiger partial charge in [0.1, 0.15) is 11.5 Å². The van der Waals surface area contributed by atoms with Crippen LogP contribution in [0, 0.1) is 5.82 Å². The molecule has 2 aromatic carbocycles. The molecule has 9 heteroatoms. The Balaban J connectivity index is 1.79. The molecule has 30 heavy (non-hydrogen) atoms. The van der Waals surface area contributed by atoms with Crippen molar-refractivity contribution in [3.8, 4) is 11.4 Å². The fourth-order valence-corrected chi connectivity index (χ4v) is 3.64. The van der Waals surface area contributed by atoms with Crippen molar-refractivity contribution in [1.82, 2.24) is 24.6 Å². The van der Waals surface area contributed by atoms with Crippen molar-refractivity contribution in [2.24, 2.45) is 0 Å². The van der Waals surface area contributed by atoms with E-state index >= 15 is 0 Å². The Morgan fingerprint density at radius 3 is 2.73 bits per heavy atom. The van der Waals surface area contributed by atoms with Crippen LogP contribution in [0.15, 0.2) is 76.1 Å². The maximum atomic E-state index is 13.7. The first-order valence-electron chi connectivity index (χ1n) is 8.93.